The lowest BCUT2D eigenvalue weighted by molar-refractivity contribution is -0.137. The van der Waals surface area contributed by atoms with Crippen molar-refractivity contribution in [1.29, 1.82) is 5.26 Å². The van der Waals surface area contributed by atoms with Crippen LogP contribution in [0.4, 0.5) is 18.3 Å². The Hall–Kier alpha value is -4.39. The third-order valence-corrected chi connectivity index (χ3v) is 8.59. The largest absolute Gasteiger partial charge is 0.496 e. The van der Waals surface area contributed by atoms with Gasteiger partial charge in [0, 0.05) is 29.6 Å². The molecule has 214 valence electrons. The molecule has 0 aliphatic heterocycles. The van der Waals surface area contributed by atoms with E-state index in [1.165, 1.54) is 50.9 Å². The zero-order chi connectivity index (χ0) is 29.8. The van der Waals surface area contributed by atoms with Crippen LogP contribution in [-0.4, -0.2) is 32.0 Å². The Morgan fingerprint density at radius 3 is 2.29 bits per heavy atom. The van der Waals surface area contributed by atoms with E-state index in [0.717, 1.165) is 28.0 Å². The molecule has 0 unspecified atom stereocenters. The van der Waals surface area contributed by atoms with Crippen LogP contribution in [0.5, 0.6) is 17.2 Å². The van der Waals surface area contributed by atoms with Gasteiger partial charge in [-0.1, -0.05) is 12.1 Å². The Bertz CT molecular complexity index is 1690. The molecule has 3 aromatic carbocycles. The van der Waals surface area contributed by atoms with Crippen molar-refractivity contribution in [1.82, 2.24) is 9.36 Å². The number of rotatable bonds is 10. The predicted molar refractivity (Wildman–Crippen MR) is 143 cm³/mol. The Kier molecular flexibility index (Phi) is 8.66. The molecule has 41 heavy (non-hydrogen) atoms. The zero-order valence-electron chi connectivity index (χ0n) is 21.5. The number of anilines is 1. The van der Waals surface area contributed by atoms with Gasteiger partial charge < -0.3 is 14.3 Å². The standard InChI is InChI=1S/C26H22F3N5O5S2/c1-37-23-11-20(26(27,28)29)6-3-17(23)9-16-5-8-22(10-19(16)13-30)41(35,36)34(25-32-15-33-40-25)14-18-4-7-21(39-31)12-24(18)38-2/h3-8,10-12,15H,9,14,31H2,1-2H3. The molecular weight excluding hydrogens is 583 g/mol. The van der Waals surface area contributed by atoms with E-state index in [-0.39, 0.29) is 34.3 Å². The van der Waals surface area contributed by atoms with Crippen LogP contribution in [0.3, 0.4) is 0 Å². The zero-order valence-corrected chi connectivity index (χ0v) is 23.2. The number of sulfonamides is 1. The van der Waals surface area contributed by atoms with Crippen molar-refractivity contribution in [2.75, 3.05) is 18.5 Å². The van der Waals surface area contributed by atoms with Crippen LogP contribution in [0.1, 0.15) is 27.8 Å². The first-order valence-electron chi connectivity index (χ1n) is 11.6. The molecular formula is C26H22F3N5O5S2. The molecule has 0 saturated heterocycles. The first-order chi connectivity index (χ1) is 19.5. The highest BCUT2D eigenvalue weighted by molar-refractivity contribution is 7.93. The lowest BCUT2D eigenvalue weighted by Crippen LogP contribution is -2.30. The number of nitrogens with zero attached hydrogens (tertiary/aromatic N) is 4. The lowest BCUT2D eigenvalue weighted by Gasteiger charge is -2.23. The second-order valence-corrected chi connectivity index (χ2v) is 11.1. The first-order valence-corrected chi connectivity index (χ1v) is 13.8. The van der Waals surface area contributed by atoms with Gasteiger partial charge in [0.25, 0.3) is 10.0 Å². The number of nitrogens with two attached hydrogens (primary N) is 1. The van der Waals surface area contributed by atoms with Gasteiger partial charge >= 0.3 is 6.18 Å². The van der Waals surface area contributed by atoms with Gasteiger partial charge in [0.05, 0.1) is 42.9 Å². The molecule has 1 aromatic heterocycles. The van der Waals surface area contributed by atoms with Crippen LogP contribution >= 0.6 is 11.5 Å². The average Bonchev–Trinajstić information content (AvgIpc) is 3.50. The summed E-state index contributed by atoms with van der Waals surface area (Å²) in [6.07, 6.45) is -3.31. The van der Waals surface area contributed by atoms with Crippen molar-refractivity contribution in [3.8, 4) is 23.3 Å². The number of hydrogen-bond donors (Lipinski definition) is 1. The second kappa shape index (κ2) is 12.0. The molecule has 4 aromatic rings. The number of ether oxygens (including phenoxy) is 2. The minimum atomic E-state index is -4.55. The molecule has 15 heteroatoms. The van der Waals surface area contributed by atoms with Gasteiger partial charge in [0.15, 0.2) is 5.75 Å². The molecule has 0 aliphatic rings. The maximum Gasteiger partial charge on any atom is 0.416 e. The summed E-state index contributed by atoms with van der Waals surface area (Å²) in [5.74, 6) is 5.82. The maximum absolute atomic E-state index is 13.9. The fraction of sp³-hybridized carbons (Fsp3) is 0.192. The molecule has 4 rings (SSSR count). The van der Waals surface area contributed by atoms with Crippen LogP contribution in [-0.2, 0) is 29.2 Å². The van der Waals surface area contributed by atoms with E-state index >= 15 is 0 Å². The van der Waals surface area contributed by atoms with Crippen LogP contribution in [0.2, 0.25) is 0 Å². The van der Waals surface area contributed by atoms with Crippen molar-refractivity contribution in [2.45, 2.75) is 24.0 Å². The SMILES string of the molecule is COc1cc(C(F)(F)F)ccc1Cc1ccc(S(=O)(=O)N(Cc2ccc(ON)cc2OC)c2ncns2)cc1C#N. The van der Waals surface area contributed by atoms with E-state index in [9.17, 15) is 26.9 Å². The number of nitriles is 1. The summed E-state index contributed by atoms with van der Waals surface area (Å²) >= 11 is 0.856. The lowest BCUT2D eigenvalue weighted by atomic mass is 9.98. The monoisotopic (exact) mass is 605 g/mol. The topological polar surface area (TPSA) is 141 Å². The van der Waals surface area contributed by atoms with E-state index < -0.39 is 21.8 Å². The van der Waals surface area contributed by atoms with Gasteiger partial charge in [-0.2, -0.15) is 28.7 Å². The Morgan fingerprint density at radius 2 is 1.68 bits per heavy atom. The number of halogens is 3. The summed E-state index contributed by atoms with van der Waals surface area (Å²) in [5.41, 5.74) is 0.399. The number of methoxy groups -OCH3 is 2. The summed E-state index contributed by atoms with van der Waals surface area (Å²) in [6, 6.07) is 13.6. The predicted octanol–water partition coefficient (Wildman–Crippen LogP) is 4.68. The first kappa shape index (κ1) is 29.6. The summed E-state index contributed by atoms with van der Waals surface area (Å²) in [7, 11) is -1.64. The number of hydrogen-bond acceptors (Lipinski definition) is 10. The van der Waals surface area contributed by atoms with Crippen molar-refractivity contribution in [3.63, 3.8) is 0 Å². The van der Waals surface area contributed by atoms with Gasteiger partial charge in [-0.15, -0.1) is 0 Å². The molecule has 0 atom stereocenters. The van der Waals surface area contributed by atoms with Crippen molar-refractivity contribution in [3.05, 3.63) is 88.7 Å². The van der Waals surface area contributed by atoms with E-state index in [2.05, 4.69) is 9.36 Å². The van der Waals surface area contributed by atoms with Crippen LogP contribution in [0, 0.1) is 11.3 Å². The van der Waals surface area contributed by atoms with Crippen LogP contribution in [0.25, 0.3) is 0 Å². The molecule has 0 fully saturated rings. The highest BCUT2D eigenvalue weighted by Crippen LogP contribution is 2.35. The molecule has 0 saturated carbocycles. The van der Waals surface area contributed by atoms with Gasteiger partial charge in [0.1, 0.15) is 17.8 Å². The summed E-state index contributed by atoms with van der Waals surface area (Å²) in [6.45, 7) is -0.196. The summed E-state index contributed by atoms with van der Waals surface area (Å²) in [4.78, 5) is 8.58. The molecule has 0 bridgehead atoms. The highest BCUT2D eigenvalue weighted by atomic mass is 32.2. The van der Waals surface area contributed by atoms with Crippen LogP contribution in [0.15, 0.2) is 65.8 Å². The number of aromatic nitrogens is 2. The minimum absolute atomic E-state index is 0.0112. The molecule has 0 aliphatic carbocycles. The average molecular weight is 606 g/mol. The second-order valence-electron chi connectivity index (χ2n) is 8.46. The summed E-state index contributed by atoms with van der Waals surface area (Å²) < 4.78 is 82.6. The third kappa shape index (κ3) is 6.35. The Labute approximate surface area is 237 Å². The third-order valence-electron chi connectivity index (χ3n) is 6.06. The fourth-order valence-electron chi connectivity index (χ4n) is 3.99. The van der Waals surface area contributed by atoms with Crippen molar-refractivity contribution < 1.29 is 35.9 Å². The highest BCUT2D eigenvalue weighted by Gasteiger charge is 2.32. The van der Waals surface area contributed by atoms with Gasteiger partial charge in [-0.05, 0) is 47.5 Å². The smallest absolute Gasteiger partial charge is 0.416 e. The molecule has 2 N–H and O–H groups in total. The van der Waals surface area contributed by atoms with E-state index in [1.807, 2.05) is 6.07 Å². The quantitative estimate of drug-likeness (QED) is 0.255. The Balaban J connectivity index is 1.71. The fourth-order valence-corrected chi connectivity index (χ4v) is 6.15. The molecule has 0 amide bonds. The number of benzene rings is 3. The van der Waals surface area contributed by atoms with Gasteiger partial charge in [-0.3, -0.25) is 0 Å². The molecule has 1 heterocycles. The van der Waals surface area contributed by atoms with Crippen molar-refractivity contribution in [2.24, 2.45) is 5.90 Å². The van der Waals surface area contributed by atoms with Crippen molar-refractivity contribution >= 4 is 26.7 Å². The number of alkyl halides is 3. The normalized spacial score (nSPS) is 11.5. The maximum atomic E-state index is 13.9. The Morgan fingerprint density at radius 1 is 1.00 bits per heavy atom. The van der Waals surface area contributed by atoms with Gasteiger partial charge in [-0.25, -0.2) is 17.7 Å². The molecule has 0 radical (unpaired) electrons. The van der Waals surface area contributed by atoms with E-state index in [1.54, 1.807) is 12.1 Å². The van der Waals surface area contributed by atoms with E-state index in [0.29, 0.717) is 28.2 Å². The minimum Gasteiger partial charge on any atom is -0.496 e. The van der Waals surface area contributed by atoms with Gasteiger partial charge in [0.2, 0.25) is 5.13 Å². The summed E-state index contributed by atoms with van der Waals surface area (Å²) in [5, 5.41) is 9.91. The van der Waals surface area contributed by atoms with Crippen LogP contribution < -0.4 is 24.5 Å². The molecule has 10 nitrogen and oxygen atoms in total. The van der Waals surface area contributed by atoms with E-state index in [4.69, 9.17) is 20.2 Å². The molecule has 0 spiro atoms.